The number of hydrogen-bond donors (Lipinski definition) is 3. The lowest BCUT2D eigenvalue weighted by atomic mass is 10.2. The highest BCUT2D eigenvalue weighted by Crippen LogP contribution is 2.16. The Kier molecular flexibility index (Phi) is 6.98. The number of aliphatic hydroxyl groups is 1. The molecule has 0 radical (unpaired) electrons. The van der Waals surface area contributed by atoms with Crippen LogP contribution in [0.15, 0.2) is 28.2 Å². The summed E-state index contributed by atoms with van der Waals surface area (Å²) in [5, 5.41) is 12.0. The monoisotopic (exact) mass is 385 g/mol. The third kappa shape index (κ3) is 5.55. The molecule has 9 heteroatoms. The largest absolute Gasteiger partial charge is 0.396 e. The van der Waals surface area contributed by atoms with Gasteiger partial charge in [-0.15, -0.1) is 0 Å². The summed E-state index contributed by atoms with van der Waals surface area (Å²) < 4.78 is 13.1. The molecule has 0 unspecified atom stereocenters. The molecule has 2 aromatic rings. The number of thioether (sulfide) groups is 1. The molecule has 0 spiro atoms. The first-order chi connectivity index (χ1) is 11.9. The van der Waals surface area contributed by atoms with E-state index in [1.54, 1.807) is 6.92 Å². The van der Waals surface area contributed by atoms with Crippen molar-refractivity contribution < 1.29 is 14.3 Å². The van der Waals surface area contributed by atoms with E-state index in [4.69, 9.17) is 16.7 Å². The molecular formula is C16H17ClFN3O3S. The molecule has 134 valence electrons. The maximum Gasteiger partial charge on any atom is 0.255 e. The number of aryl methyl sites for hydroxylation is 1. The van der Waals surface area contributed by atoms with Crippen molar-refractivity contribution in [3.63, 3.8) is 0 Å². The number of rotatable bonds is 7. The van der Waals surface area contributed by atoms with Gasteiger partial charge in [-0.25, -0.2) is 9.37 Å². The van der Waals surface area contributed by atoms with Crippen LogP contribution in [0.5, 0.6) is 0 Å². The Morgan fingerprint density at radius 2 is 2.24 bits per heavy atom. The Labute approximate surface area is 152 Å². The molecule has 0 fully saturated rings. The molecule has 1 heterocycles. The molecule has 0 saturated carbocycles. The number of benzene rings is 1. The fraction of sp³-hybridized carbons (Fsp3) is 0.312. The maximum absolute atomic E-state index is 13.1. The van der Waals surface area contributed by atoms with E-state index in [1.807, 2.05) is 0 Å². The van der Waals surface area contributed by atoms with Crippen molar-refractivity contribution in [3.8, 4) is 0 Å². The van der Waals surface area contributed by atoms with Gasteiger partial charge in [0.1, 0.15) is 5.82 Å². The highest BCUT2D eigenvalue weighted by atomic mass is 35.5. The zero-order valence-electron chi connectivity index (χ0n) is 13.4. The highest BCUT2D eigenvalue weighted by Gasteiger charge is 2.10. The summed E-state index contributed by atoms with van der Waals surface area (Å²) in [5.74, 6) is -0.705. The van der Waals surface area contributed by atoms with Crippen LogP contribution in [0.25, 0.3) is 0 Å². The van der Waals surface area contributed by atoms with E-state index < -0.39 is 5.82 Å². The fourth-order valence-corrected chi connectivity index (χ4v) is 3.03. The lowest BCUT2D eigenvalue weighted by Gasteiger charge is -2.07. The topological polar surface area (TPSA) is 95.1 Å². The van der Waals surface area contributed by atoms with Gasteiger partial charge >= 0.3 is 0 Å². The van der Waals surface area contributed by atoms with Gasteiger partial charge in [0.05, 0.1) is 10.8 Å². The van der Waals surface area contributed by atoms with E-state index in [-0.39, 0.29) is 41.8 Å². The van der Waals surface area contributed by atoms with E-state index in [0.717, 1.165) is 11.8 Å². The minimum Gasteiger partial charge on any atom is -0.396 e. The van der Waals surface area contributed by atoms with E-state index in [0.29, 0.717) is 22.0 Å². The molecule has 25 heavy (non-hydrogen) atoms. The van der Waals surface area contributed by atoms with Crippen molar-refractivity contribution in [2.24, 2.45) is 0 Å². The first-order valence-corrected chi connectivity index (χ1v) is 8.81. The number of nitrogens with zero attached hydrogens (tertiary/aromatic N) is 1. The minimum atomic E-state index is -0.512. The minimum absolute atomic E-state index is 0.00124. The Balaban J connectivity index is 1.89. The number of aromatic amines is 1. The molecule has 0 aliphatic carbocycles. The summed E-state index contributed by atoms with van der Waals surface area (Å²) in [6.07, 6.45) is 0.236. The molecule has 3 N–H and O–H groups in total. The van der Waals surface area contributed by atoms with Crippen molar-refractivity contribution in [3.05, 3.63) is 56.2 Å². The van der Waals surface area contributed by atoms with Crippen molar-refractivity contribution in [1.29, 1.82) is 0 Å². The lowest BCUT2D eigenvalue weighted by molar-refractivity contribution is -0.118. The quantitative estimate of drug-likeness (QED) is 0.499. The van der Waals surface area contributed by atoms with Gasteiger partial charge in [0.15, 0.2) is 5.16 Å². The predicted octanol–water partition coefficient (Wildman–Crippen LogP) is 1.81. The molecule has 1 aromatic carbocycles. The smallest absolute Gasteiger partial charge is 0.255 e. The second-order valence-corrected chi connectivity index (χ2v) is 6.59. The number of H-pyrrole nitrogens is 1. The van der Waals surface area contributed by atoms with Gasteiger partial charge in [0.25, 0.3) is 5.56 Å². The molecule has 6 nitrogen and oxygen atoms in total. The normalized spacial score (nSPS) is 10.7. The number of carbonyl (C=O) groups excluding carboxylic acids is 1. The van der Waals surface area contributed by atoms with Gasteiger partial charge in [0.2, 0.25) is 5.91 Å². The SMILES string of the molecule is Cc1nc(SCC(=O)NCc2ccc(F)c(Cl)c2)[nH]c(=O)c1CCO. The number of aromatic nitrogens is 2. The average molecular weight is 386 g/mol. The Bertz CT molecular complexity index is 829. The number of halogens is 2. The summed E-state index contributed by atoms with van der Waals surface area (Å²) in [6.45, 7) is 1.77. The van der Waals surface area contributed by atoms with Crippen molar-refractivity contribution in [2.45, 2.75) is 25.0 Å². The van der Waals surface area contributed by atoms with E-state index in [9.17, 15) is 14.0 Å². The first kappa shape index (κ1) is 19.4. The van der Waals surface area contributed by atoms with Crippen LogP contribution >= 0.6 is 23.4 Å². The molecule has 0 aliphatic heterocycles. The maximum atomic E-state index is 13.1. The van der Waals surface area contributed by atoms with Crippen LogP contribution in [0.3, 0.4) is 0 Å². The third-order valence-corrected chi connectivity index (χ3v) is 4.54. The van der Waals surface area contributed by atoms with Gasteiger partial charge in [-0.3, -0.25) is 9.59 Å². The molecule has 1 amide bonds. The van der Waals surface area contributed by atoms with E-state index in [2.05, 4.69) is 15.3 Å². The van der Waals surface area contributed by atoms with Crippen molar-refractivity contribution >= 4 is 29.3 Å². The average Bonchev–Trinajstić information content (AvgIpc) is 2.57. The molecule has 2 rings (SSSR count). The lowest BCUT2D eigenvalue weighted by Crippen LogP contribution is -2.25. The summed E-state index contributed by atoms with van der Waals surface area (Å²) >= 11 is 6.78. The van der Waals surface area contributed by atoms with Crippen LogP contribution < -0.4 is 10.9 Å². The summed E-state index contributed by atoms with van der Waals surface area (Å²) in [4.78, 5) is 30.6. The van der Waals surface area contributed by atoms with E-state index >= 15 is 0 Å². The van der Waals surface area contributed by atoms with Gasteiger partial charge in [-0.1, -0.05) is 29.4 Å². The number of aliphatic hydroxyl groups excluding tert-OH is 1. The molecule has 0 aliphatic rings. The standard InChI is InChI=1S/C16H17ClFN3O3S/c1-9-11(4-5-22)15(24)21-16(20-9)25-8-14(23)19-7-10-2-3-13(18)12(17)6-10/h2-3,6,22H,4-5,7-8H2,1H3,(H,19,23)(H,20,21,24). The van der Waals surface area contributed by atoms with Gasteiger partial charge in [-0.05, 0) is 24.6 Å². The van der Waals surface area contributed by atoms with Gasteiger partial charge in [0, 0.05) is 30.8 Å². The second kappa shape index (κ2) is 8.98. The second-order valence-electron chi connectivity index (χ2n) is 5.22. The van der Waals surface area contributed by atoms with Crippen molar-refractivity contribution in [2.75, 3.05) is 12.4 Å². The number of carbonyl (C=O) groups is 1. The Morgan fingerprint density at radius 3 is 2.88 bits per heavy atom. The molecule has 1 aromatic heterocycles. The number of nitrogens with one attached hydrogen (secondary N) is 2. The Morgan fingerprint density at radius 1 is 1.48 bits per heavy atom. The van der Waals surface area contributed by atoms with Crippen LogP contribution in [0.1, 0.15) is 16.8 Å². The summed E-state index contributed by atoms with van der Waals surface area (Å²) in [5.41, 5.74) is 1.33. The molecule has 0 saturated heterocycles. The van der Waals surface area contributed by atoms with Crippen LogP contribution in [-0.2, 0) is 17.8 Å². The fourth-order valence-electron chi connectivity index (χ4n) is 2.09. The number of amides is 1. The van der Waals surface area contributed by atoms with E-state index in [1.165, 1.54) is 18.2 Å². The zero-order chi connectivity index (χ0) is 18.4. The molecule has 0 atom stereocenters. The van der Waals surface area contributed by atoms with Crippen LogP contribution in [0.4, 0.5) is 4.39 Å². The van der Waals surface area contributed by atoms with Gasteiger partial charge in [-0.2, -0.15) is 0 Å². The highest BCUT2D eigenvalue weighted by molar-refractivity contribution is 7.99. The zero-order valence-corrected chi connectivity index (χ0v) is 15.0. The molecule has 0 bridgehead atoms. The predicted molar refractivity (Wildman–Crippen MR) is 94.4 cm³/mol. The van der Waals surface area contributed by atoms with Crippen LogP contribution in [-0.4, -0.2) is 33.3 Å². The first-order valence-electron chi connectivity index (χ1n) is 7.44. The Hall–Kier alpha value is -1.90. The summed E-state index contributed by atoms with van der Waals surface area (Å²) in [7, 11) is 0. The van der Waals surface area contributed by atoms with Gasteiger partial charge < -0.3 is 15.4 Å². The van der Waals surface area contributed by atoms with Crippen LogP contribution in [0.2, 0.25) is 5.02 Å². The number of hydrogen-bond acceptors (Lipinski definition) is 5. The third-order valence-electron chi connectivity index (χ3n) is 3.38. The van der Waals surface area contributed by atoms with Crippen molar-refractivity contribution in [1.82, 2.24) is 15.3 Å². The van der Waals surface area contributed by atoms with Crippen LogP contribution in [0, 0.1) is 12.7 Å². The molecular weight excluding hydrogens is 369 g/mol. The summed E-state index contributed by atoms with van der Waals surface area (Å²) in [6, 6.07) is 4.23.